The molecule has 1 fully saturated rings. The minimum Gasteiger partial charge on any atom is -0.508 e. The number of hydrogen-bond acceptors (Lipinski definition) is 6. The number of rotatable bonds is 5. The second-order valence-electron chi connectivity index (χ2n) is 6.66. The molecule has 7 heteroatoms. The third-order valence-corrected chi connectivity index (χ3v) is 4.93. The quantitative estimate of drug-likeness (QED) is 0.786. The molecule has 4 rings (SSSR count). The molecule has 1 amide bonds. The van der Waals surface area contributed by atoms with Crippen molar-refractivity contribution in [2.75, 3.05) is 13.2 Å². The summed E-state index contributed by atoms with van der Waals surface area (Å²) in [5.41, 5.74) is 0.580. The largest absolute Gasteiger partial charge is 0.508 e. The van der Waals surface area contributed by atoms with Gasteiger partial charge in [0.1, 0.15) is 5.75 Å². The van der Waals surface area contributed by atoms with Crippen LogP contribution < -0.4 is 0 Å². The maximum Gasteiger partial charge on any atom is 0.290 e. The summed E-state index contributed by atoms with van der Waals surface area (Å²) in [6, 6.07) is 8.50. The minimum absolute atomic E-state index is 0.0290. The van der Waals surface area contributed by atoms with Crippen molar-refractivity contribution in [1.82, 2.24) is 4.90 Å². The van der Waals surface area contributed by atoms with Crippen LogP contribution in [0.4, 0.5) is 0 Å². The number of hydrogen-bond donors (Lipinski definition) is 2. The summed E-state index contributed by atoms with van der Waals surface area (Å²) in [5.74, 6) is -1.61. The van der Waals surface area contributed by atoms with Crippen LogP contribution in [0, 0.1) is 0 Å². The van der Waals surface area contributed by atoms with Crippen molar-refractivity contribution in [2.45, 2.75) is 25.0 Å². The van der Waals surface area contributed by atoms with Crippen molar-refractivity contribution in [2.24, 2.45) is 0 Å². The number of ether oxygens (including phenoxy) is 1. The van der Waals surface area contributed by atoms with Gasteiger partial charge < -0.3 is 24.3 Å². The first-order valence-corrected chi connectivity index (χ1v) is 8.79. The van der Waals surface area contributed by atoms with Crippen molar-refractivity contribution in [3.8, 4) is 5.75 Å². The monoisotopic (exact) mass is 369 g/mol. The Kier molecular flexibility index (Phi) is 4.45. The molecular formula is C20H19NO6. The van der Waals surface area contributed by atoms with Crippen molar-refractivity contribution in [3.63, 3.8) is 0 Å². The third-order valence-electron chi connectivity index (χ3n) is 4.93. The van der Waals surface area contributed by atoms with E-state index in [0.717, 1.165) is 12.8 Å². The van der Waals surface area contributed by atoms with Crippen LogP contribution in [0.2, 0.25) is 0 Å². The molecule has 0 unspecified atom stereocenters. The van der Waals surface area contributed by atoms with Crippen LogP contribution in [-0.4, -0.2) is 46.1 Å². The average molecular weight is 369 g/mol. The Morgan fingerprint density at radius 1 is 1.19 bits per heavy atom. The fourth-order valence-corrected chi connectivity index (χ4v) is 3.63. The number of Topliss-reactive ketones (excluding diaryl/α,β-unsaturated/α-hetero) is 1. The van der Waals surface area contributed by atoms with Crippen molar-refractivity contribution in [3.05, 3.63) is 65.3 Å². The van der Waals surface area contributed by atoms with Gasteiger partial charge >= 0.3 is 0 Å². The molecule has 2 aliphatic heterocycles. The highest BCUT2D eigenvalue weighted by Gasteiger charge is 2.45. The molecule has 2 N–H and O–H groups in total. The molecule has 0 radical (unpaired) electrons. The number of phenolic OH excluding ortho intramolecular Hbond substituents is 1. The number of carbonyl (C=O) groups excluding carboxylic acids is 2. The smallest absolute Gasteiger partial charge is 0.290 e. The van der Waals surface area contributed by atoms with E-state index in [0.29, 0.717) is 12.2 Å². The summed E-state index contributed by atoms with van der Waals surface area (Å²) >= 11 is 0. The number of aliphatic hydroxyl groups excluding tert-OH is 1. The fourth-order valence-electron chi connectivity index (χ4n) is 3.63. The molecule has 1 saturated heterocycles. The van der Waals surface area contributed by atoms with Crippen LogP contribution in [0.1, 0.15) is 35.0 Å². The molecule has 0 saturated carbocycles. The third kappa shape index (κ3) is 3.10. The summed E-state index contributed by atoms with van der Waals surface area (Å²) in [6.07, 6.45) is 2.95. The van der Waals surface area contributed by atoms with E-state index >= 15 is 0 Å². The summed E-state index contributed by atoms with van der Waals surface area (Å²) in [7, 11) is 0. The number of phenols is 1. The number of benzene rings is 1. The molecule has 140 valence electrons. The van der Waals surface area contributed by atoms with E-state index in [1.807, 2.05) is 0 Å². The second kappa shape index (κ2) is 6.92. The predicted octanol–water partition coefficient (Wildman–Crippen LogP) is 2.74. The van der Waals surface area contributed by atoms with E-state index in [2.05, 4.69) is 0 Å². The van der Waals surface area contributed by atoms with Crippen molar-refractivity contribution in [1.29, 1.82) is 0 Å². The van der Waals surface area contributed by atoms with Gasteiger partial charge in [-0.05, 0) is 42.7 Å². The number of nitrogens with zero attached hydrogens (tertiary/aromatic N) is 1. The number of amides is 1. The molecule has 2 aromatic rings. The van der Waals surface area contributed by atoms with Crippen LogP contribution in [0.25, 0.3) is 0 Å². The van der Waals surface area contributed by atoms with E-state index in [1.54, 1.807) is 18.2 Å². The van der Waals surface area contributed by atoms with E-state index in [-0.39, 0.29) is 29.7 Å². The molecule has 0 spiro atoms. The van der Waals surface area contributed by atoms with Crippen LogP contribution in [0.3, 0.4) is 0 Å². The summed E-state index contributed by atoms with van der Waals surface area (Å²) in [4.78, 5) is 27.1. The van der Waals surface area contributed by atoms with Crippen LogP contribution in [-0.2, 0) is 9.53 Å². The Balaban J connectivity index is 1.75. The predicted molar refractivity (Wildman–Crippen MR) is 94.2 cm³/mol. The van der Waals surface area contributed by atoms with Gasteiger partial charge in [-0.3, -0.25) is 9.59 Å². The molecule has 7 nitrogen and oxygen atoms in total. The van der Waals surface area contributed by atoms with Crippen LogP contribution in [0.15, 0.2) is 58.4 Å². The molecule has 0 aliphatic carbocycles. The lowest BCUT2D eigenvalue weighted by molar-refractivity contribution is -0.131. The molecule has 2 atom stereocenters. The lowest BCUT2D eigenvalue weighted by atomic mass is 9.95. The lowest BCUT2D eigenvalue weighted by Gasteiger charge is -2.28. The number of ketones is 1. The van der Waals surface area contributed by atoms with Crippen molar-refractivity contribution >= 4 is 11.7 Å². The van der Waals surface area contributed by atoms with Gasteiger partial charge in [0.2, 0.25) is 5.78 Å². The molecule has 1 aromatic heterocycles. The minimum atomic E-state index is -0.778. The summed E-state index contributed by atoms with van der Waals surface area (Å²) in [6.45, 7) is 0.900. The zero-order chi connectivity index (χ0) is 19.0. The fraction of sp³-hybridized carbons (Fsp3) is 0.300. The Bertz CT molecular complexity index is 878. The van der Waals surface area contributed by atoms with E-state index < -0.39 is 23.5 Å². The lowest BCUT2D eigenvalue weighted by Crippen LogP contribution is -2.37. The van der Waals surface area contributed by atoms with Gasteiger partial charge in [-0.2, -0.15) is 0 Å². The van der Waals surface area contributed by atoms with Gasteiger partial charge in [-0.1, -0.05) is 12.1 Å². The normalized spacial score (nSPS) is 22.7. The summed E-state index contributed by atoms with van der Waals surface area (Å²) < 4.78 is 10.8. The molecular weight excluding hydrogens is 350 g/mol. The van der Waals surface area contributed by atoms with Gasteiger partial charge in [0.15, 0.2) is 11.5 Å². The number of carbonyl (C=O) groups is 2. The maximum absolute atomic E-state index is 12.9. The summed E-state index contributed by atoms with van der Waals surface area (Å²) in [5, 5.41) is 20.1. The SMILES string of the molecule is O=C(C1=C(O)C(=O)N(C[C@H]2CCCO2)[C@H]1c1ccc(O)cc1)c1ccco1. The number of furan rings is 1. The Labute approximate surface area is 155 Å². The van der Waals surface area contributed by atoms with Gasteiger partial charge in [0.05, 0.1) is 24.0 Å². The first-order valence-electron chi connectivity index (χ1n) is 8.79. The average Bonchev–Trinajstić information content (AvgIpc) is 3.41. The zero-order valence-corrected chi connectivity index (χ0v) is 14.5. The van der Waals surface area contributed by atoms with Gasteiger partial charge in [0.25, 0.3) is 5.91 Å². The van der Waals surface area contributed by atoms with Gasteiger partial charge in [-0.25, -0.2) is 0 Å². The first-order chi connectivity index (χ1) is 13.1. The molecule has 0 bridgehead atoms. The molecule has 3 heterocycles. The number of aliphatic hydroxyl groups is 1. The van der Waals surface area contributed by atoms with Crippen LogP contribution >= 0.6 is 0 Å². The number of aromatic hydroxyl groups is 1. The van der Waals surface area contributed by atoms with Crippen molar-refractivity contribution < 1.29 is 29.0 Å². The Hall–Kier alpha value is -3.06. The zero-order valence-electron chi connectivity index (χ0n) is 14.5. The van der Waals surface area contributed by atoms with E-state index in [1.165, 1.54) is 29.4 Å². The highest BCUT2D eigenvalue weighted by molar-refractivity contribution is 6.15. The highest BCUT2D eigenvalue weighted by atomic mass is 16.5. The highest BCUT2D eigenvalue weighted by Crippen LogP contribution is 2.40. The Morgan fingerprint density at radius 2 is 1.96 bits per heavy atom. The molecule has 2 aliphatic rings. The topological polar surface area (TPSA) is 100 Å². The maximum atomic E-state index is 12.9. The molecule has 27 heavy (non-hydrogen) atoms. The van der Waals surface area contributed by atoms with Gasteiger partial charge in [0, 0.05) is 13.2 Å². The second-order valence-corrected chi connectivity index (χ2v) is 6.66. The Morgan fingerprint density at radius 3 is 2.59 bits per heavy atom. The van der Waals surface area contributed by atoms with E-state index in [4.69, 9.17) is 9.15 Å². The first kappa shape index (κ1) is 17.4. The molecule has 1 aromatic carbocycles. The van der Waals surface area contributed by atoms with Gasteiger partial charge in [-0.15, -0.1) is 0 Å². The standard InChI is InChI=1S/C20H19NO6/c22-13-7-5-12(6-8-13)17-16(18(23)15-4-2-10-27-15)19(24)20(25)21(17)11-14-3-1-9-26-14/h2,4-8,10,14,17,22,24H,1,3,9,11H2/t14-,17+/m1/s1. The van der Waals surface area contributed by atoms with E-state index in [9.17, 15) is 19.8 Å². The van der Waals surface area contributed by atoms with Crippen LogP contribution in [0.5, 0.6) is 5.75 Å².